The van der Waals surface area contributed by atoms with Crippen LogP contribution in [0.1, 0.15) is 44.4 Å². The molecular weight excluding hydrogens is 756 g/mol. The lowest BCUT2D eigenvalue weighted by Gasteiger charge is -2.12. The van der Waals surface area contributed by atoms with Crippen LogP contribution in [-0.2, 0) is 13.2 Å². The summed E-state index contributed by atoms with van der Waals surface area (Å²) >= 11 is 4.50. The lowest BCUT2D eigenvalue weighted by Crippen LogP contribution is -2.16. The van der Waals surface area contributed by atoms with Gasteiger partial charge in [0, 0.05) is 17.1 Å². The molecular formula is C33H29I2N3O4. The Morgan fingerprint density at radius 2 is 1.60 bits per heavy atom. The minimum Gasteiger partial charge on any atom is -0.487 e. The fourth-order valence-electron chi connectivity index (χ4n) is 4.47. The normalized spacial score (nSPS) is 11.2. The summed E-state index contributed by atoms with van der Waals surface area (Å²) in [7, 11) is 0. The van der Waals surface area contributed by atoms with Crippen molar-refractivity contribution in [2.75, 3.05) is 0 Å². The fourth-order valence-corrected chi connectivity index (χ4v) is 6.60. The number of halogens is 2. The molecule has 0 saturated heterocycles. The number of aryl methyl sites for hydroxylation is 3. The Morgan fingerprint density at radius 3 is 2.29 bits per heavy atom. The average molecular weight is 785 g/mol. The number of hydrogen-bond acceptors (Lipinski definition) is 5. The number of nitrogens with zero attached hydrogens (tertiary/aromatic N) is 2. The number of carbonyl (C=O) groups is 1. The Bertz CT molecular complexity index is 1700. The van der Waals surface area contributed by atoms with E-state index >= 15 is 0 Å². The first-order valence-corrected chi connectivity index (χ1v) is 15.4. The van der Waals surface area contributed by atoms with Crippen molar-refractivity contribution in [2.24, 2.45) is 5.10 Å². The molecule has 0 bridgehead atoms. The summed E-state index contributed by atoms with van der Waals surface area (Å²) in [5.74, 6) is 1.79. The molecule has 0 unspecified atom stereocenters. The first-order valence-electron chi connectivity index (χ1n) is 13.2. The molecule has 9 heteroatoms. The highest BCUT2D eigenvalue weighted by molar-refractivity contribution is 14.1. The number of furan rings is 1. The first kappa shape index (κ1) is 29.9. The zero-order valence-corrected chi connectivity index (χ0v) is 27.7. The number of hydrazone groups is 1. The Labute approximate surface area is 272 Å². The molecule has 5 aromatic rings. The third kappa shape index (κ3) is 7.43. The number of benzene rings is 3. The lowest BCUT2D eigenvalue weighted by molar-refractivity contribution is 0.0923. The van der Waals surface area contributed by atoms with Gasteiger partial charge in [0.15, 0.2) is 5.76 Å². The maximum Gasteiger partial charge on any atom is 0.307 e. The molecule has 0 fully saturated rings. The van der Waals surface area contributed by atoms with Gasteiger partial charge in [-0.2, -0.15) is 5.10 Å². The second-order valence-electron chi connectivity index (χ2n) is 9.79. The number of aromatic nitrogens is 1. The van der Waals surface area contributed by atoms with Gasteiger partial charge in [0.05, 0.1) is 13.4 Å². The van der Waals surface area contributed by atoms with E-state index in [0.29, 0.717) is 18.1 Å². The zero-order chi connectivity index (χ0) is 29.6. The molecule has 42 heavy (non-hydrogen) atoms. The minimum absolute atomic E-state index is 0.156. The molecule has 2 heterocycles. The summed E-state index contributed by atoms with van der Waals surface area (Å²) < 4.78 is 21.7. The molecule has 0 spiro atoms. The van der Waals surface area contributed by atoms with Crippen LogP contribution < -0.4 is 14.9 Å². The van der Waals surface area contributed by atoms with Crippen LogP contribution in [0.4, 0.5) is 0 Å². The summed E-state index contributed by atoms with van der Waals surface area (Å²) in [6, 6.07) is 27.6. The predicted molar refractivity (Wildman–Crippen MR) is 181 cm³/mol. The van der Waals surface area contributed by atoms with Gasteiger partial charge in [-0.15, -0.1) is 0 Å². The van der Waals surface area contributed by atoms with E-state index in [2.05, 4.69) is 111 Å². The predicted octanol–water partition coefficient (Wildman–Crippen LogP) is 8.13. The average Bonchev–Trinajstić information content (AvgIpc) is 3.58. The minimum atomic E-state index is -0.443. The third-order valence-electron chi connectivity index (χ3n) is 6.50. The summed E-state index contributed by atoms with van der Waals surface area (Å²) in [4.78, 5) is 12.6. The quantitative estimate of drug-likeness (QED) is 0.0882. The van der Waals surface area contributed by atoms with Gasteiger partial charge in [-0.3, -0.25) is 4.79 Å². The van der Waals surface area contributed by atoms with Crippen molar-refractivity contribution >= 4 is 57.3 Å². The second kappa shape index (κ2) is 13.6. The molecule has 1 N–H and O–H groups in total. The number of carbonyl (C=O) groups excluding carboxylic acids is 1. The topological polar surface area (TPSA) is 78.0 Å². The van der Waals surface area contributed by atoms with Crippen molar-refractivity contribution < 1.29 is 18.7 Å². The first-order chi connectivity index (χ1) is 20.3. The highest BCUT2D eigenvalue weighted by atomic mass is 127. The van der Waals surface area contributed by atoms with Gasteiger partial charge in [-0.05, 0) is 138 Å². The van der Waals surface area contributed by atoms with Gasteiger partial charge < -0.3 is 18.5 Å². The molecule has 3 aromatic carbocycles. The van der Waals surface area contributed by atoms with Gasteiger partial charge in [0.25, 0.3) is 0 Å². The van der Waals surface area contributed by atoms with Gasteiger partial charge in [-0.25, -0.2) is 5.43 Å². The van der Waals surface area contributed by atoms with E-state index in [4.69, 9.17) is 13.9 Å². The highest BCUT2D eigenvalue weighted by Gasteiger charge is 2.12. The standard InChI is InChI=1S/C33H29I2N3O4/c1-21-5-4-6-24(15-21)19-41-32-29(34)16-25(17-30(32)35)18-36-37-33(39)31-14-13-28(42-31)20-40-27-11-9-26(10-12-27)38-22(2)7-8-23(38)3/h4-18H,19-20H2,1-3H3,(H,37,39)/b36-18+. The van der Waals surface area contributed by atoms with Gasteiger partial charge in [0.2, 0.25) is 0 Å². The molecule has 0 aliphatic carbocycles. The van der Waals surface area contributed by atoms with Gasteiger partial charge in [0.1, 0.15) is 30.5 Å². The van der Waals surface area contributed by atoms with Gasteiger partial charge in [-0.1, -0.05) is 29.8 Å². The second-order valence-corrected chi connectivity index (χ2v) is 12.1. The monoisotopic (exact) mass is 785 g/mol. The van der Waals surface area contributed by atoms with Crippen LogP contribution in [0.2, 0.25) is 0 Å². The molecule has 7 nitrogen and oxygen atoms in total. The van der Waals surface area contributed by atoms with Crippen molar-refractivity contribution in [3.8, 4) is 17.2 Å². The molecule has 0 saturated carbocycles. The van der Waals surface area contributed by atoms with Crippen LogP contribution in [0, 0.1) is 27.9 Å². The molecule has 0 aliphatic heterocycles. The molecule has 2 aromatic heterocycles. The van der Waals surface area contributed by atoms with E-state index in [1.807, 2.05) is 42.5 Å². The number of hydrogen-bond donors (Lipinski definition) is 1. The Morgan fingerprint density at radius 1 is 0.881 bits per heavy atom. The zero-order valence-electron chi connectivity index (χ0n) is 23.4. The molecule has 0 atom stereocenters. The lowest BCUT2D eigenvalue weighted by atomic mass is 10.1. The van der Waals surface area contributed by atoms with Crippen molar-refractivity contribution in [1.82, 2.24) is 9.99 Å². The summed E-state index contributed by atoms with van der Waals surface area (Å²) in [6.45, 7) is 6.92. The Balaban J connectivity index is 1.13. The van der Waals surface area contributed by atoms with Crippen molar-refractivity contribution in [2.45, 2.75) is 34.0 Å². The van der Waals surface area contributed by atoms with E-state index in [-0.39, 0.29) is 12.4 Å². The molecule has 5 rings (SSSR count). The fraction of sp³-hybridized carbons (Fsp3) is 0.152. The Kier molecular flexibility index (Phi) is 9.68. The van der Waals surface area contributed by atoms with E-state index in [0.717, 1.165) is 29.7 Å². The summed E-state index contributed by atoms with van der Waals surface area (Å²) in [5.41, 5.74) is 9.11. The molecule has 0 aliphatic rings. The number of amides is 1. The van der Waals surface area contributed by atoms with E-state index in [1.54, 1.807) is 18.3 Å². The van der Waals surface area contributed by atoms with Crippen molar-refractivity contribution in [3.63, 3.8) is 0 Å². The third-order valence-corrected chi connectivity index (χ3v) is 8.10. The van der Waals surface area contributed by atoms with Crippen LogP contribution in [0.5, 0.6) is 11.5 Å². The van der Waals surface area contributed by atoms with Crippen molar-refractivity contribution in [1.29, 1.82) is 0 Å². The summed E-state index contributed by atoms with van der Waals surface area (Å²) in [5, 5.41) is 4.11. The smallest absolute Gasteiger partial charge is 0.307 e. The molecule has 0 radical (unpaired) electrons. The highest BCUT2D eigenvalue weighted by Crippen LogP contribution is 2.29. The van der Waals surface area contributed by atoms with Crippen LogP contribution in [0.25, 0.3) is 5.69 Å². The molecule has 1 amide bonds. The van der Waals surface area contributed by atoms with Crippen LogP contribution >= 0.6 is 45.2 Å². The van der Waals surface area contributed by atoms with Crippen LogP contribution in [0.15, 0.2) is 94.4 Å². The maximum absolute atomic E-state index is 12.6. The van der Waals surface area contributed by atoms with Gasteiger partial charge >= 0.3 is 5.91 Å². The van der Waals surface area contributed by atoms with E-state index in [9.17, 15) is 4.79 Å². The largest absolute Gasteiger partial charge is 0.487 e. The summed E-state index contributed by atoms with van der Waals surface area (Å²) in [6.07, 6.45) is 1.60. The van der Waals surface area contributed by atoms with Crippen LogP contribution in [0.3, 0.4) is 0 Å². The number of ether oxygens (including phenoxy) is 2. The number of nitrogens with one attached hydrogen (secondary N) is 1. The molecule has 214 valence electrons. The van der Waals surface area contributed by atoms with E-state index < -0.39 is 5.91 Å². The SMILES string of the molecule is Cc1cccc(COc2c(I)cc(/C=N/NC(=O)c3ccc(COc4ccc(-n5c(C)ccc5C)cc4)o3)cc2I)c1. The van der Waals surface area contributed by atoms with Crippen LogP contribution in [-0.4, -0.2) is 16.7 Å². The maximum atomic E-state index is 12.6. The van der Waals surface area contributed by atoms with E-state index in [1.165, 1.54) is 17.0 Å². The number of rotatable bonds is 10. The Hall–Kier alpha value is -3.58. The van der Waals surface area contributed by atoms with Crippen molar-refractivity contribution in [3.05, 3.63) is 132 Å².